The lowest BCUT2D eigenvalue weighted by molar-refractivity contribution is -0.385. The van der Waals surface area contributed by atoms with Gasteiger partial charge in [-0.2, -0.15) is 5.10 Å². The molecule has 0 fully saturated rings. The number of carboxylic acids is 1. The highest BCUT2D eigenvalue weighted by atomic mass is 16.6. The number of hydrogen-bond acceptors (Lipinski definition) is 6. The Morgan fingerprint density at radius 3 is 2.42 bits per heavy atom. The van der Waals surface area contributed by atoms with Crippen molar-refractivity contribution in [2.45, 2.75) is 6.42 Å². The van der Waals surface area contributed by atoms with Crippen LogP contribution in [-0.2, 0) is 11.2 Å². The number of methoxy groups -OCH3 is 1. The molecular weight excluding hydrogens is 342 g/mol. The smallest absolute Gasteiger partial charge is 0.352 e. The van der Waals surface area contributed by atoms with Gasteiger partial charge in [0, 0.05) is 23.6 Å². The van der Waals surface area contributed by atoms with Crippen LogP contribution in [-0.4, -0.2) is 34.7 Å². The number of amides is 1. The molecule has 0 aromatic heterocycles. The first-order chi connectivity index (χ1) is 12.4. The van der Waals surface area contributed by atoms with Crippen LogP contribution in [0.15, 0.2) is 53.6 Å². The van der Waals surface area contributed by atoms with Gasteiger partial charge in [-0.05, 0) is 24.3 Å². The lowest BCUT2D eigenvalue weighted by Gasteiger charge is -2.05. The van der Waals surface area contributed by atoms with Crippen molar-refractivity contribution in [3.05, 3.63) is 69.8 Å². The Hall–Kier alpha value is -3.75. The van der Waals surface area contributed by atoms with E-state index in [9.17, 15) is 24.8 Å². The molecule has 0 unspecified atom stereocenters. The maximum absolute atomic E-state index is 12.0. The molecule has 0 radical (unpaired) electrons. The molecular formula is C17H15N3O6. The SMILES string of the molecule is COc1ccc(C(=O)N/N=C(/Cc2ccccc2[N+](=O)[O-])C(=O)O)cc1. The Kier molecular flexibility index (Phi) is 5.99. The molecule has 0 aliphatic heterocycles. The molecule has 0 aliphatic rings. The van der Waals surface area contributed by atoms with Gasteiger partial charge in [-0.1, -0.05) is 18.2 Å². The molecule has 134 valence electrons. The molecule has 0 aliphatic carbocycles. The van der Waals surface area contributed by atoms with Crippen molar-refractivity contribution >= 4 is 23.3 Å². The summed E-state index contributed by atoms with van der Waals surface area (Å²) in [6.07, 6.45) is -0.310. The molecule has 2 N–H and O–H groups in total. The number of ether oxygens (including phenoxy) is 1. The Balaban J connectivity index is 2.17. The number of nitrogens with zero attached hydrogens (tertiary/aromatic N) is 2. The standard InChI is InChI=1S/C17H15N3O6/c1-26-13-8-6-11(7-9-13)16(21)19-18-14(17(22)23)10-12-4-2-3-5-15(12)20(24)25/h2-9H,10H2,1H3,(H,19,21)(H,22,23)/b18-14-. The highest BCUT2D eigenvalue weighted by Gasteiger charge is 2.19. The monoisotopic (exact) mass is 357 g/mol. The number of nitro benzene ring substituents is 1. The van der Waals surface area contributed by atoms with Crippen molar-refractivity contribution in [2.24, 2.45) is 5.10 Å². The van der Waals surface area contributed by atoms with Crippen LogP contribution in [0.3, 0.4) is 0 Å². The number of carboxylic acid groups (broad SMARTS) is 1. The van der Waals surface area contributed by atoms with Crippen molar-refractivity contribution in [3.63, 3.8) is 0 Å². The summed E-state index contributed by atoms with van der Waals surface area (Å²) >= 11 is 0. The molecule has 0 bridgehead atoms. The van der Waals surface area contributed by atoms with Crippen molar-refractivity contribution in [3.8, 4) is 5.75 Å². The summed E-state index contributed by atoms with van der Waals surface area (Å²) in [6, 6.07) is 11.9. The van der Waals surface area contributed by atoms with Crippen molar-refractivity contribution in [1.82, 2.24) is 5.43 Å². The van der Waals surface area contributed by atoms with E-state index in [0.717, 1.165) is 0 Å². The summed E-state index contributed by atoms with van der Waals surface area (Å²) in [4.78, 5) is 33.8. The molecule has 0 saturated heterocycles. The van der Waals surface area contributed by atoms with Gasteiger partial charge in [-0.15, -0.1) is 0 Å². The van der Waals surface area contributed by atoms with E-state index < -0.39 is 22.5 Å². The van der Waals surface area contributed by atoms with Gasteiger partial charge < -0.3 is 9.84 Å². The largest absolute Gasteiger partial charge is 0.497 e. The lowest BCUT2D eigenvalue weighted by atomic mass is 10.1. The number of hydrogen-bond donors (Lipinski definition) is 2. The zero-order valence-electron chi connectivity index (χ0n) is 13.7. The van der Waals surface area contributed by atoms with Gasteiger partial charge >= 0.3 is 5.97 Å². The predicted molar refractivity (Wildman–Crippen MR) is 92.3 cm³/mol. The molecule has 0 atom stereocenters. The van der Waals surface area contributed by atoms with E-state index in [1.54, 1.807) is 18.2 Å². The summed E-state index contributed by atoms with van der Waals surface area (Å²) in [7, 11) is 1.49. The fourth-order valence-corrected chi connectivity index (χ4v) is 2.11. The molecule has 9 nitrogen and oxygen atoms in total. The summed E-state index contributed by atoms with van der Waals surface area (Å²) in [5.74, 6) is -1.44. The Morgan fingerprint density at radius 2 is 1.85 bits per heavy atom. The Bertz CT molecular complexity index is 861. The quantitative estimate of drug-likeness (QED) is 0.443. The summed E-state index contributed by atoms with van der Waals surface area (Å²) in [5, 5.41) is 23.9. The predicted octanol–water partition coefficient (Wildman–Crippen LogP) is 2.02. The Morgan fingerprint density at radius 1 is 1.19 bits per heavy atom. The summed E-state index contributed by atoms with van der Waals surface area (Å²) in [6.45, 7) is 0. The first-order valence-electron chi connectivity index (χ1n) is 7.39. The van der Waals surface area contributed by atoms with Crippen LogP contribution in [0.2, 0.25) is 0 Å². The average Bonchev–Trinajstić information content (AvgIpc) is 2.64. The topological polar surface area (TPSA) is 131 Å². The number of nitro groups is 1. The summed E-state index contributed by atoms with van der Waals surface area (Å²) < 4.78 is 4.98. The van der Waals surface area contributed by atoms with Gasteiger partial charge in [0.1, 0.15) is 11.5 Å². The number of nitrogens with one attached hydrogen (secondary N) is 1. The van der Waals surface area contributed by atoms with Gasteiger partial charge in [0.25, 0.3) is 11.6 Å². The van der Waals surface area contributed by atoms with Crippen molar-refractivity contribution < 1.29 is 24.4 Å². The first kappa shape index (κ1) is 18.6. The molecule has 2 aromatic rings. The number of para-hydroxylation sites is 1. The fourth-order valence-electron chi connectivity index (χ4n) is 2.11. The minimum atomic E-state index is -1.39. The Labute approximate surface area is 148 Å². The minimum Gasteiger partial charge on any atom is -0.497 e. The van der Waals surface area contributed by atoms with Gasteiger partial charge in [0.2, 0.25) is 0 Å². The average molecular weight is 357 g/mol. The molecule has 0 heterocycles. The van der Waals surface area contributed by atoms with Gasteiger partial charge in [0.15, 0.2) is 0 Å². The van der Waals surface area contributed by atoms with Crippen LogP contribution >= 0.6 is 0 Å². The van der Waals surface area contributed by atoms with E-state index in [0.29, 0.717) is 5.75 Å². The van der Waals surface area contributed by atoms with Crippen molar-refractivity contribution in [2.75, 3.05) is 7.11 Å². The maximum atomic E-state index is 12.0. The fraction of sp³-hybridized carbons (Fsp3) is 0.118. The number of carbonyl (C=O) groups is 2. The van der Waals surface area contributed by atoms with Crippen LogP contribution in [0.25, 0.3) is 0 Å². The third-order valence-electron chi connectivity index (χ3n) is 3.44. The van der Waals surface area contributed by atoms with Crippen LogP contribution in [0.4, 0.5) is 5.69 Å². The number of carbonyl (C=O) groups excluding carboxylic acids is 1. The van der Waals surface area contributed by atoms with Crippen LogP contribution < -0.4 is 10.2 Å². The maximum Gasteiger partial charge on any atom is 0.352 e. The van der Waals surface area contributed by atoms with Crippen LogP contribution in [0.5, 0.6) is 5.75 Å². The van der Waals surface area contributed by atoms with E-state index >= 15 is 0 Å². The molecule has 0 spiro atoms. The number of hydrazone groups is 1. The zero-order chi connectivity index (χ0) is 19.1. The molecule has 0 saturated carbocycles. The van der Waals surface area contributed by atoms with Gasteiger partial charge in [-0.3, -0.25) is 14.9 Å². The second-order valence-electron chi connectivity index (χ2n) is 5.10. The molecule has 1 amide bonds. The third kappa shape index (κ3) is 4.63. The highest BCUT2D eigenvalue weighted by molar-refractivity contribution is 6.36. The van der Waals surface area contributed by atoms with Crippen LogP contribution in [0, 0.1) is 10.1 Å². The number of benzene rings is 2. The van der Waals surface area contributed by atoms with E-state index in [1.165, 1.54) is 37.4 Å². The number of aliphatic carboxylic acids is 1. The van der Waals surface area contributed by atoms with E-state index in [1.807, 2.05) is 0 Å². The first-order valence-corrected chi connectivity index (χ1v) is 7.39. The second kappa shape index (κ2) is 8.38. The molecule has 9 heteroatoms. The number of rotatable bonds is 7. The van der Waals surface area contributed by atoms with Gasteiger partial charge in [0.05, 0.1) is 12.0 Å². The van der Waals surface area contributed by atoms with Gasteiger partial charge in [-0.25, -0.2) is 10.2 Å². The second-order valence-corrected chi connectivity index (χ2v) is 5.10. The normalized spacial score (nSPS) is 10.9. The summed E-state index contributed by atoms with van der Waals surface area (Å²) in [5.41, 5.74) is 1.93. The van der Waals surface area contributed by atoms with Crippen LogP contribution in [0.1, 0.15) is 15.9 Å². The molecule has 2 aromatic carbocycles. The third-order valence-corrected chi connectivity index (χ3v) is 3.44. The molecule has 26 heavy (non-hydrogen) atoms. The van der Waals surface area contributed by atoms with E-state index in [2.05, 4.69) is 10.5 Å². The van der Waals surface area contributed by atoms with E-state index in [-0.39, 0.29) is 23.2 Å². The highest BCUT2D eigenvalue weighted by Crippen LogP contribution is 2.18. The minimum absolute atomic E-state index is 0.178. The van der Waals surface area contributed by atoms with Crippen molar-refractivity contribution in [1.29, 1.82) is 0 Å². The zero-order valence-corrected chi connectivity index (χ0v) is 13.7. The van der Waals surface area contributed by atoms with E-state index in [4.69, 9.17) is 4.74 Å². The molecule has 2 rings (SSSR count). The lowest BCUT2D eigenvalue weighted by Crippen LogP contribution is -2.25.